The molecular formula is C17H17N3O2. The van der Waals surface area contributed by atoms with Gasteiger partial charge in [-0.15, -0.1) is 10.2 Å². The molecule has 22 heavy (non-hydrogen) atoms. The van der Waals surface area contributed by atoms with Gasteiger partial charge in [-0.1, -0.05) is 30.3 Å². The van der Waals surface area contributed by atoms with Gasteiger partial charge in [-0.25, -0.2) is 0 Å². The molecule has 3 aromatic rings. The molecule has 112 valence electrons. The van der Waals surface area contributed by atoms with Crippen molar-refractivity contribution in [2.24, 2.45) is 0 Å². The fraction of sp³-hybridized carbons (Fsp3) is 0.176. The predicted octanol–water partition coefficient (Wildman–Crippen LogP) is 2.88. The predicted molar refractivity (Wildman–Crippen MR) is 83.7 cm³/mol. The third-order valence-electron chi connectivity index (χ3n) is 3.47. The SMILES string of the molecule is COc1ccc(OC)c(-n2cnnc2Cc2ccccc2)c1. The van der Waals surface area contributed by atoms with Gasteiger partial charge in [-0.05, 0) is 17.7 Å². The van der Waals surface area contributed by atoms with E-state index in [9.17, 15) is 0 Å². The van der Waals surface area contributed by atoms with Crippen LogP contribution in [0.2, 0.25) is 0 Å². The van der Waals surface area contributed by atoms with Gasteiger partial charge in [0.15, 0.2) is 0 Å². The number of aromatic nitrogens is 3. The third-order valence-corrected chi connectivity index (χ3v) is 3.47. The fourth-order valence-corrected chi connectivity index (χ4v) is 2.34. The first-order chi connectivity index (χ1) is 10.8. The van der Waals surface area contributed by atoms with Gasteiger partial charge in [0.2, 0.25) is 0 Å². The number of benzene rings is 2. The highest BCUT2D eigenvalue weighted by Crippen LogP contribution is 2.28. The molecule has 1 aromatic heterocycles. The zero-order valence-corrected chi connectivity index (χ0v) is 12.6. The summed E-state index contributed by atoms with van der Waals surface area (Å²) < 4.78 is 12.7. The van der Waals surface area contributed by atoms with E-state index in [1.807, 2.05) is 41.0 Å². The highest BCUT2D eigenvalue weighted by molar-refractivity contribution is 5.51. The molecule has 0 spiro atoms. The normalized spacial score (nSPS) is 10.5. The minimum Gasteiger partial charge on any atom is -0.497 e. The van der Waals surface area contributed by atoms with Gasteiger partial charge in [0.1, 0.15) is 23.7 Å². The van der Waals surface area contributed by atoms with Crippen LogP contribution in [0.4, 0.5) is 0 Å². The van der Waals surface area contributed by atoms with Crippen LogP contribution in [0.15, 0.2) is 54.9 Å². The van der Waals surface area contributed by atoms with E-state index in [4.69, 9.17) is 9.47 Å². The Morgan fingerprint density at radius 2 is 1.82 bits per heavy atom. The number of hydrogen-bond donors (Lipinski definition) is 0. The van der Waals surface area contributed by atoms with Gasteiger partial charge < -0.3 is 9.47 Å². The van der Waals surface area contributed by atoms with Gasteiger partial charge in [0.05, 0.1) is 19.9 Å². The van der Waals surface area contributed by atoms with Gasteiger partial charge in [-0.3, -0.25) is 4.57 Å². The van der Waals surface area contributed by atoms with Gasteiger partial charge >= 0.3 is 0 Å². The van der Waals surface area contributed by atoms with Crippen molar-refractivity contribution in [3.05, 3.63) is 66.2 Å². The van der Waals surface area contributed by atoms with Crippen LogP contribution in [0.1, 0.15) is 11.4 Å². The lowest BCUT2D eigenvalue weighted by atomic mass is 10.1. The maximum atomic E-state index is 5.44. The molecule has 5 heteroatoms. The molecule has 0 fully saturated rings. The molecule has 0 amide bonds. The van der Waals surface area contributed by atoms with E-state index >= 15 is 0 Å². The standard InChI is InChI=1S/C17H17N3O2/c1-21-14-8-9-16(22-2)15(11-14)20-12-18-19-17(20)10-13-6-4-3-5-7-13/h3-9,11-12H,10H2,1-2H3. The number of rotatable bonds is 5. The Morgan fingerprint density at radius 1 is 1.00 bits per heavy atom. The molecule has 0 saturated heterocycles. The van der Waals surface area contributed by atoms with Crippen molar-refractivity contribution in [3.8, 4) is 17.2 Å². The van der Waals surface area contributed by atoms with Gasteiger partial charge in [-0.2, -0.15) is 0 Å². The highest BCUT2D eigenvalue weighted by atomic mass is 16.5. The monoisotopic (exact) mass is 295 g/mol. The van der Waals surface area contributed by atoms with Gasteiger partial charge in [0, 0.05) is 12.5 Å². The Kier molecular flexibility index (Phi) is 4.05. The second kappa shape index (κ2) is 6.30. The summed E-state index contributed by atoms with van der Waals surface area (Å²) >= 11 is 0. The smallest absolute Gasteiger partial charge is 0.143 e. The summed E-state index contributed by atoms with van der Waals surface area (Å²) in [6.45, 7) is 0. The quantitative estimate of drug-likeness (QED) is 0.726. The van der Waals surface area contributed by atoms with Crippen LogP contribution in [0, 0.1) is 0 Å². The molecule has 2 aromatic carbocycles. The molecule has 5 nitrogen and oxygen atoms in total. The summed E-state index contributed by atoms with van der Waals surface area (Å²) in [6, 6.07) is 15.8. The van der Waals surface area contributed by atoms with Crippen LogP contribution in [0.5, 0.6) is 11.5 Å². The van der Waals surface area contributed by atoms with Crippen LogP contribution in [0.25, 0.3) is 5.69 Å². The lowest BCUT2D eigenvalue weighted by molar-refractivity contribution is 0.401. The van der Waals surface area contributed by atoms with Crippen LogP contribution >= 0.6 is 0 Å². The van der Waals surface area contributed by atoms with Crippen molar-refractivity contribution in [3.63, 3.8) is 0 Å². The van der Waals surface area contributed by atoms with Crippen LogP contribution in [0.3, 0.4) is 0 Å². The average molecular weight is 295 g/mol. The largest absolute Gasteiger partial charge is 0.497 e. The third kappa shape index (κ3) is 2.79. The van der Waals surface area contributed by atoms with Gasteiger partial charge in [0.25, 0.3) is 0 Å². The minimum atomic E-state index is 0.696. The number of nitrogens with zero attached hydrogens (tertiary/aromatic N) is 3. The Hall–Kier alpha value is -2.82. The molecule has 0 N–H and O–H groups in total. The van der Waals surface area contributed by atoms with E-state index in [0.717, 1.165) is 23.0 Å². The first-order valence-corrected chi connectivity index (χ1v) is 6.97. The van der Waals surface area contributed by atoms with Crippen molar-refractivity contribution in [2.45, 2.75) is 6.42 Å². The lowest BCUT2D eigenvalue weighted by Gasteiger charge is -2.12. The van der Waals surface area contributed by atoms with Crippen molar-refractivity contribution in [1.82, 2.24) is 14.8 Å². The number of hydrogen-bond acceptors (Lipinski definition) is 4. The summed E-state index contributed by atoms with van der Waals surface area (Å²) in [6.07, 6.45) is 2.39. The Bertz CT molecular complexity index is 754. The van der Waals surface area contributed by atoms with E-state index < -0.39 is 0 Å². The summed E-state index contributed by atoms with van der Waals surface area (Å²) in [4.78, 5) is 0. The van der Waals surface area contributed by atoms with Crippen molar-refractivity contribution >= 4 is 0 Å². The van der Waals surface area contributed by atoms with E-state index in [1.54, 1.807) is 20.5 Å². The van der Waals surface area contributed by atoms with E-state index in [1.165, 1.54) is 5.56 Å². The molecule has 0 aliphatic rings. The number of ether oxygens (including phenoxy) is 2. The Morgan fingerprint density at radius 3 is 2.55 bits per heavy atom. The molecular weight excluding hydrogens is 278 g/mol. The number of methoxy groups -OCH3 is 2. The second-order valence-corrected chi connectivity index (χ2v) is 4.82. The van der Waals surface area contributed by atoms with E-state index in [-0.39, 0.29) is 0 Å². The van der Waals surface area contributed by atoms with E-state index in [2.05, 4.69) is 22.3 Å². The molecule has 0 aliphatic heterocycles. The molecule has 0 bridgehead atoms. The lowest BCUT2D eigenvalue weighted by Crippen LogP contribution is -2.04. The summed E-state index contributed by atoms with van der Waals surface area (Å²) in [5, 5.41) is 8.28. The zero-order chi connectivity index (χ0) is 15.4. The minimum absolute atomic E-state index is 0.696. The maximum absolute atomic E-state index is 5.44. The molecule has 3 rings (SSSR count). The Labute approximate surface area is 129 Å². The Balaban J connectivity index is 2.01. The van der Waals surface area contributed by atoms with Crippen LogP contribution in [-0.4, -0.2) is 29.0 Å². The first kappa shape index (κ1) is 14.1. The second-order valence-electron chi connectivity index (χ2n) is 4.82. The van der Waals surface area contributed by atoms with Crippen LogP contribution < -0.4 is 9.47 Å². The van der Waals surface area contributed by atoms with Crippen molar-refractivity contribution in [2.75, 3.05) is 14.2 Å². The topological polar surface area (TPSA) is 49.2 Å². The van der Waals surface area contributed by atoms with E-state index in [0.29, 0.717) is 6.42 Å². The summed E-state index contributed by atoms with van der Waals surface area (Å²) in [7, 11) is 3.29. The highest BCUT2D eigenvalue weighted by Gasteiger charge is 2.12. The van der Waals surface area contributed by atoms with Crippen molar-refractivity contribution in [1.29, 1.82) is 0 Å². The summed E-state index contributed by atoms with van der Waals surface area (Å²) in [5.74, 6) is 2.35. The molecule has 0 unspecified atom stereocenters. The molecule has 0 radical (unpaired) electrons. The molecule has 0 atom stereocenters. The molecule has 0 saturated carbocycles. The fourth-order valence-electron chi connectivity index (χ4n) is 2.34. The zero-order valence-electron chi connectivity index (χ0n) is 12.6. The molecule has 1 heterocycles. The maximum Gasteiger partial charge on any atom is 0.143 e. The molecule has 0 aliphatic carbocycles. The van der Waals surface area contributed by atoms with Crippen LogP contribution in [-0.2, 0) is 6.42 Å². The average Bonchev–Trinajstić information content (AvgIpc) is 3.03. The summed E-state index contributed by atoms with van der Waals surface area (Å²) in [5.41, 5.74) is 2.04. The first-order valence-electron chi connectivity index (χ1n) is 6.97. The van der Waals surface area contributed by atoms with Crippen molar-refractivity contribution < 1.29 is 9.47 Å².